The van der Waals surface area contributed by atoms with E-state index in [1.807, 2.05) is 13.8 Å². The molecule has 1 aromatic rings. The fourth-order valence-corrected chi connectivity index (χ4v) is 2.80. The number of sulfonamides is 1. The topological polar surface area (TPSA) is 67.4 Å². The molecule has 0 aliphatic rings. The Morgan fingerprint density at radius 2 is 2.05 bits per heavy atom. The first-order valence-electron chi connectivity index (χ1n) is 6.87. The van der Waals surface area contributed by atoms with E-state index in [0.29, 0.717) is 18.6 Å². The summed E-state index contributed by atoms with van der Waals surface area (Å²) in [7, 11) is -2.06. The molecule has 0 aromatic heterocycles. The van der Waals surface area contributed by atoms with Crippen LogP contribution in [0.25, 0.3) is 0 Å². The smallest absolute Gasteiger partial charge is 0.240 e. The van der Waals surface area contributed by atoms with E-state index in [2.05, 4.69) is 10.0 Å². The highest BCUT2D eigenvalue weighted by Gasteiger charge is 2.15. The van der Waals surface area contributed by atoms with E-state index in [1.54, 1.807) is 7.11 Å². The van der Waals surface area contributed by atoms with E-state index >= 15 is 0 Å². The first kappa shape index (κ1) is 18.0. The molecule has 0 spiro atoms. The van der Waals surface area contributed by atoms with Crippen molar-refractivity contribution in [2.45, 2.75) is 37.8 Å². The molecular weight excluding hydrogens is 295 g/mol. The summed E-state index contributed by atoms with van der Waals surface area (Å²) in [5.41, 5.74) is 0.337. The number of rotatable bonds is 9. The number of nitrogens with one attached hydrogen (secondary N) is 2. The van der Waals surface area contributed by atoms with Crippen molar-refractivity contribution in [2.24, 2.45) is 0 Å². The zero-order valence-corrected chi connectivity index (χ0v) is 13.5. The molecule has 1 rings (SSSR count). The summed E-state index contributed by atoms with van der Waals surface area (Å²) in [6.07, 6.45) is 0.582. The van der Waals surface area contributed by atoms with Gasteiger partial charge in [-0.1, -0.05) is 13.8 Å². The van der Waals surface area contributed by atoms with Gasteiger partial charge in [0.25, 0.3) is 0 Å². The van der Waals surface area contributed by atoms with Gasteiger partial charge in [0.1, 0.15) is 5.82 Å². The summed E-state index contributed by atoms with van der Waals surface area (Å²) < 4.78 is 45.2. The van der Waals surface area contributed by atoms with Crippen molar-refractivity contribution in [3.05, 3.63) is 29.6 Å². The van der Waals surface area contributed by atoms with Gasteiger partial charge in [0, 0.05) is 38.4 Å². The number of benzene rings is 1. The van der Waals surface area contributed by atoms with Crippen LogP contribution in [0.1, 0.15) is 25.8 Å². The van der Waals surface area contributed by atoms with Gasteiger partial charge >= 0.3 is 0 Å². The molecule has 7 heteroatoms. The van der Waals surface area contributed by atoms with Gasteiger partial charge in [0.05, 0.1) is 4.90 Å². The lowest BCUT2D eigenvalue weighted by molar-refractivity contribution is 0.196. The molecule has 120 valence electrons. The zero-order chi connectivity index (χ0) is 15.9. The Balaban J connectivity index is 2.79. The van der Waals surface area contributed by atoms with Gasteiger partial charge in [0.15, 0.2) is 0 Å². The van der Waals surface area contributed by atoms with Crippen LogP contribution in [0, 0.1) is 5.82 Å². The molecule has 0 aliphatic heterocycles. The lowest BCUT2D eigenvalue weighted by atomic mass is 10.2. The van der Waals surface area contributed by atoms with Crippen molar-refractivity contribution in [2.75, 3.05) is 20.3 Å². The number of methoxy groups -OCH3 is 1. The average molecular weight is 318 g/mol. The molecule has 0 atom stereocenters. The van der Waals surface area contributed by atoms with Crippen molar-refractivity contribution in [3.63, 3.8) is 0 Å². The minimum atomic E-state index is -3.62. The molecule has 0 amide bonds. The van der Waals surface area contributed by atoms with Crippen LogP contribution in [0.5, 0.6) is 0 Å². The van der Waals surface area contributed by atoms with E-state index in [1.165, 1.54) is 18.2 Å². The van der Waals surface area contributed by atoms with E-state index in [9.17, 15) is 12.8 Å². The van der Waals surface area contributed by atoms with Crippen molar-refractivity contribution in [1.82, 2.24) is 10.0 Å². The van der Waals surface area contributed by atoms with E-state index < -0.39 is 15.8 Å². The average Bonchev–Trinajstić information content (AvgIpc) is 2.42. The molecule has 0 radical (unpaired) electrons. The van der Waals surface area contributed by atoms with Crippen molar-refractivity contribution in [1.29, 1.82) is 0 Å². The number of halogens is 1. The van der Waals surface area contributed by atoms with Gasteiger partial charge < -0.3 is 10.1 Å². The van der Waals surface area contributed by atoms with Crippen molar-refractivity contribution < 1.29 is 17.5 Å². The lowest BCUT2D eigenvalue weighted by Crippen LogP contribution is -2.26. The van der Waals surface area contributed by atoms with E-state index in [0.717, 1.165) is 0 Å². The Bertz CT molecular complexity index is 547. The van der Waals surface area contributed by atoms with E-state index in [4.69, 9.17) is 4.74 Å². The summed E-state index contributed by atoms with van der Waals surface area (Å²) in [4.78, 5) is 0.0712. The Hall–Kier alpha value is -1.02. The first-order chi connectivity index (χ1) is 9.86. The molecule has 1 aromatic carbocycles. The molecule has 0 aliphatic carbocycles. The molecule has 5 nitrogen and oxygen atoms in total. The van der Waals surface area contributed by atoms with Gasteiger partial charge in [-0.25, -0.2) is 17.5 Å². The normalized spacial score (nSPS) is 12.0. The third-order valence-corrected chi connectivity index (χ3v) is 4.30. The molecule has 2 N–H and O–H groups in total. The maximum Gasteiger partial charge on any atom is 0.240 e. The van der Waals surface area contributed by atoms with Crippen LogP contribution in [0.4, 0.5) is 4.39 Å². The molecule has 21 heavy (non-hydrogen) atoms. The van der Waals surface area contributed by atoms with Crippen LogP contribution in [-0.4, -0.2) is 34.7 Å². The summed E-state index contributed by atoms with van der Waals surface area (Å²) in [5, 5.41) is 3.07. The molecule has 0 saturated heterocycles. The molecule has 0 bridgehead atoms. The molecule has 0 saturated carbocycles. The fraction of sp³-hybridized carbons (Fsp3) is 0.571. The molecule has 0 fully saturated rings. The van der Waals surface area contributed by atoms with Gasteiger partial charge in [0.2, 0.25) is 10.0 Å². The van der Waals surface area contributed by atoms with Crippen LogP contribution >= 0.6 is 0 Å². The highest BCUT2D eigenvalue weighted by molar-refractivity contribution is 7.89. The molecule has 0 unspecified atom stereocenters. The minimum Gasteiger partial charge on any atom is -0.385 e. The highest BCUT2D eigenvalue weighted by Crippen LogP contribution is 2.15. The lowest BCUT2D eigenvalue weighted by Gasteiger charge is -2.11. The predicted molar refractivity (Wildman–Crippen MR) is 80.1 cm³/mol. The Kier molecular flexibility index (Phi) is 7.24. The third kappa shape index (κ3) is 6.09. The maximum absolute atomic E-state index is 13.7. The minimum absolute atomic E-state index is 0.0712. The summed E-state index contributed by atoms with van der Waals surface area (Å²) in [5.74, 6) is -0.415. The summed E-state index contributed by atoms with van der Waals surface area (Å²) >= 11 is 0. The van der Waals surface area contributed by atoms with Crippen molar-refractivity contribution >= 4 is 10.0 Å². The first-order valence-corrected chi connectivity index (χ1v) is 8.35. The van der Waals surface area contributed by atoms with Crippen LogP contribution in [0.15, 0.2) is 23.1 Å². The largest absolute Gasteiger partial charge is 0.385 e. The SMILES string of the molecule is COCCCNS(=O)(=O)c1ccc(F)c(CNC(C)C)c1. The highest BCUT2D eigenvalue weighted by atomic mass is 32.2. The van der Waals surface area contributed by atoms with Crippen LogP contribution < -0.4 is 10.0 Å². The Morgan fingerprint density at radius 3 is 2.67 bits per heavy atom. The number of hydrogen-bond donors (Lipinski definition) is 2. The van der Waals surface area contributed by atoms with Crippen LogP contribution in [0.2, 0.25) is 0 Å². The molecule has 0 heterocycles. The van der Waals surface area contributed by atoms with Crippen molar-refractivity contribution in [3.8, 4) is 0 Å². The predicted octanol–water partition coefficient (Wildman–Crippen LogP) is 1.64. The van der Waals surface area contributed by atoms with Gasteiger partial charge in [-0.15, -0.1) is 0 Å². The summed E-state index contributed by atoms with van der Waals surface area (Å²) in [6, 6.07) is 4.01. The summed E-state index contributed by atoms with van der Waals surface area (Å²) in [6.45, 7) is 4.94. The third-order valence-electron chi connectivity index (χ3n) is 2.85. The zero-order valence-electron chi connectivity index (χ0n) is 12.6. The standard InChI is InChI=1S/C14H23FN2O3S/c1-11(2)16-10-12-9-13(5-6-14(12)15)21(18,19)17-7-4-8-20-3/h5-6,9,11,16-17H,4,7-8,10H2,1-3H3. The maximum atomic E-state index is 13.7. The van der Waals surface area contributed by atoms with Gasteiger partial charge in [-0.3, -0.25) is 0 Å². The van der Waals surface area contributed by atoms with E-state index in [-0.39, 0.29) is 24.0 Å². The van der Waals surface area contributed by atoms with Gasteiger partial charge in [-0.2, -0.15) is 0 Å². The second-order valence-electron chi connectivity index (χ2n) is 5.03. The molecular formula is C14H23FN2O3S. The second-order valence-corrected chi connectivity index (χ2v) is 6.80. The Morgan fingerprint density at radius 1 is 1.33 bits per heavy atom. The second kappa shape index (κ2) is 8.43. The quantitative estimate of drug-likeness (QED) is 0.679. The van der Waals surface area contributed by atoms with Crippen LogP contribution in [0.3, 0.4) is 0 Å². The van der Waals surface area contributed by atoms with Crippen LogP contribution in [-0.2, 0) is 21.3 Å². The van der Waals surface area contributed by atoms with Gasteiger partial charge in [-0.05, 0) is 24.6 Å². The number of ether oxygens (including phenoxy) is 1. The monoisotopic (exact) mass is 318 g/mol. The fourth-order valence-electron chi connectivity index (χ4n) is 1.67. The Labute approximate surface area is 125 Å². The number of hydrogen-bond acceptors (Lipinski definition) is 4.